The van der Waals surface area contributed by atoms with Crippen LogP contribution in [0.15, 0.2) is 42.5 Å². The standard InChI is InChI=1S/C21H25ClN2O2/c1-15-14-19(10-11-20(15)22)26-16(2)21(25)23-17-6-8-18(9-7-17)24-12-4-3-5-13-24/h6-11,14,16H,3-5,12-13H2,1-2H3,(H,23,25)/t16-/m0/s1. The van der Waals surface area contributed by atoms with Gasteiger partial charge in [-0.15, -0.1) is 0 Å². The highest BCUT2D eigenvalue weighted by Gasteiger charge is 2.16. The number of piperidine rings is 1. The van der Waals surface area contributed by atoms with Gasteiger partial charge in [0.15, 0.2) is 6.10 Å². The Balaban J connectivity index is 1.57. The quantitative estimate of drug-likeness (QED) is 0.798. The van der Waals surface area contributed by atoms with E-state index in [2.05, 4.69) is 22.3 Å². The van der Waals surface area contributed by atoms with Crippen molar-refractivity contribution in [1.29, 1.82) is 0 Å². The molecule has 2 aromatic rings. The normalized spacial score (nSPS) is 15.4. The van der Waals surface area contributed by atoms with Crippen LogP contribution in [0.4, 0.5) is 11.4 Å². The summed E-state index contributed by atoms with van der Waals surface area (Å²) in [6.45, 7) is 5.86. The van der Waals surface area contributed by atoms with Crippen molar-refractivity contribution in [2.45, 2.75) is 39.2 Å². The lowest BCUT2D eigenvalue weighted by Crippen LogP contribution is -2.30. The molecule has 0 aliphatic carbocycles. The van der Waals surface area contributed by atoms with Gasteiger partial charge in [-0.25, -0.2) is 0 Å². The van der Waals surface area contributed by atoms with E-state index < -0.39 is 6.10 Å². The molecule has 1 saturated heterocycles. The molecular formula is C21H25ClN2O2. The maximum absolute atomic E-state index is 12.4. The van der Waals surface area contributed by atoms with Crippen molar-refractivity contribution in [3.8, 4) is 5.75 Å². The molecular weight excluding hydrogens is 348 g/mol. The molecule has 0 spiro atoms. The maximum Gasteiger partial charge on any atom is 0.265 e. The number of halogens is 1. The fourth-order valence-corrected chi connectivity index (χ4v) is 3.22. The van der Waals surface area contributed by atoms with Crippen LogP contribution < -0.4 is 15.0 Å². The van der Waals surface area contributed by atoms with Crippen molar-refractivity contribution >= 4 is 28.9 Å². The fraction of sp³-hybridized carbons (Fsp3) is 0.381. The molecule has 0 saturated carbocycles. The van der Waals surface area contributed by atoms with Gasteiger partial charge in [-0.05, 0) is 81.1 Å². The monoisotopic (exact) mass is 372 g/mol. The van der Waals surface area contributed by atoms with Gasteiger partial charge in [0, 0.05) is 29.5 Å². The zero-order chi connectivity index (χ0) is 18.5. The molecule has 1 heterocycles. The third kappa shape index (κ3) is 4.70. The van der Waals surface area contributed by atoms with E-state index >= 15 is 0 Å². The van der Waals surface area contributed by atoms with Gasteiger partial charge in [0.05, 0.1) is 0 Å². The third-order valence-corrected chi connectivity index (χ3v) is 5.09. The number of hydrogen-bond acceptors (Lipinski definition) is 3. The zero-order valence-electron chi connectivity index (χ0n) is 15.3. The number of ether oxygens (including phenoxy) is 1. The first-order valence-corrected chi connectivity index (χ1v) is 9.49. The molecule has 3 rings (SSSR count). The van der Waals surface area contributed by atoms with E-state index in [0.29, 0.717) is 10.8 Å². The molecule has 1 atom stereocenters. The number of hydrogen-bond donors (Lipinski definition) is 1. The molecule has 1 aliphatic heterocycles. The van der Waals surface area contributed by atoms with E-state index in [-0.39, 0.29) is 5.91 Å². The van der Waals surface area contributed by atoms with Gasteiger partial charge in [-0.1, -0.05) is 11.6 Å². The van der Waals surface area contributed by atoms with Crippen molar-refractivity contribution in [3.05, 3.63) is 53.1 Å². The molecule has 138 valence electrons. The predicted molar refractivity (Wildman–Crippen MR) is 107 cm³/mol. The Kier molecular flexibility index (Phi) is 6.04. The maximum atomic E-state index is 12.4. The van der Waals surface area contributed by atoms with Crippen molar-refractivity contribution in [2.75, 3.05) is 23.3 Å². The van der Waals surface area contributed by atoms with Crippen LogP contribution in [0.2, 0.25) is 5.02 Å². The summed E-state index contributed by atoms with van der Waals surface area (Å²) in [5.74, 6) is 0.457. The van der Waals surface area contributed by atoms with Gasteiger partial charge in [-0.3, -0.25) is 4.79 Å². The highest BCUT2D eigenvalue weighted by molar-refractivity contribution is 6.31. The highest BCUT2D eigenvalue weighted by atomic mass is 35.5. The Morgan fingerprint density at radius 3 is 2.46 bits per heavy atom. The Labute approximate surface area is 160 Å². The van der Waals surface area contributed by atoms with Gasteiger partial charge in [0.25, 0.3) is 5.91 Å². The average molecular weight is 373 g/mol. The van der Waals surface area contributed by atoms with Gasteiger partial charge in [-0.2, -0.15) is 0 Å². The molecule has 5 heteroatoms. The Hall–Kier alpha value is -2.20. The van der Waals surface area contributed by atoms with E-state index in [1.807, 2.05) is 25.1 Å². The molecule has 4 nitrogen and oxygen atoms in total. The molecule has 0 radical (unpaired) electrons. The average Bonchev–Trinajstić information content (AvgIpc) is 2.66. The number of carbonyl (C=O) groups is 1. The first-order chi connectivity index (χ1) is 12.5. The van der Waals surface area contributed by atoms with Gasteiger partial charge >= 0.3 is 0 Å². The number of aryl methyl sites for hydroxylation is 1. The van der Waals surface area contributed by atoms with Gasteiger partial charge < -0.3 is 15.0 Å². The minimum Gasteiger partial charge on any atom is -0.481 e. The lowest BCUT2D eigenvalue weighted by Gasteiger charge is -2.28. The fourth-order valence-electron chi connectivity index (χ4n) is 3.10. The number of rotatable bonds is 5. The molecule has 1 fully saturated rings. The molecule has 0 bridgehead atoms. The van der Waals surface area contributed by atoms with Crippen LogP contribution in [-0.2, 0) is 4.79 Å². The largest absolute Gasteiger partial charge is 0.481 e. The summed E-state index contributed by atoms with van der Waals surface area (Å²) in [5.41, 5.74) is 2.91. The van der Waals surface area contributed by atoms with Crippen LogP contribution in [0, 0.1) is 6.92 Å². The van der Waals surface area contributed by atoms with Crippen LogP contribution in [0.3, 0.4) is 0 Å². The van der Waals surface area contributed by atoms with Gasteiger partial charge in [0.2, 0.25) is 0 Å². The van der Waals surface area contributed by atoms with Crippen LogP contribution in [0.25, 0.3) is 0 Å². The second-order valence-corrected chi connectivity index (χ2v) is 7.16. The molecule has 0 aromatic heterocycles. The molecule has 1 N–H and O–H groups in total. The molecule has 1 amide bonds. The summed E-state index contributed by atoms with van der Waals surface area (Å²) < 4.78 is 5.72. The molecule has 2 aromatic carbocycles. The minimum atomic E-state index is -0.600. The van der Waals surface area contributed by atoms with E-state index in [9.17, 15) is 4.79 Å². The van der Waals surface area contributed by atoms with E-state index in [4.69, 9.17) is 16.3 Å². The zero-order valence-corrected chi connectivity index (χ0v) is 16.1. The Bertz CT molecular complexity index is 755. The number of benzene rings is 2. The Morgan fingerprint density at radius 1 is 1.12 bits per heavy atom. The lowest BCUT2D eigenvalue weighted by atomic mass is 10.1. The Morgan fingerprint density at radius 2 is 1.81 bits per heavy atom. The van der Waals surface area contributed by atoms with Crippen molar-refractivity contribution in [1.82, 2.24) is 0 Å². The van der Waals surface area contributed by atoms with E-state index in [0.717, 1.165) is 24.3 Å². The van der Waals surface area contributed by atoms with Crippen LogP contribution >= 0.6 is 11.6 Å². The minimum absolute atomic E-state index is 0.177. The number of anilines is 2. The summed E-state index contributed by atoms with van der Waals surface area (Å²) in [7, 11) is 0. The second-order valence-electron chi connectivity index (χ2n) is 6.75. The lowest BCUT2D eigenvalue weighted by molar-refractivity contribution is -0.122. The number of carbonyl (C=O) groups excluding carboxylic acids is 1. The van der Waals surface area contributed by atoms with E-state index in [1.165, 1.54) is 24.9 Å². The summed E-state index contributed by atoms with van der Waals surface area (Å²) in [4.78, 5) is 14.8. The number of amides is 1. The highest BCUT2D eigenvalue weighted by Crippen LogP contribution is 2.23. The molecule has 26 heavy (non-hydrogen) atoms. The van der Waals surface area contributed by atoms with Crippen LogP contribution in [0.5, 0.6) is 5.75 Å². The van der Waals surface area contributed by atoms with Gasteiger partial charge in [0.1, 0.15) is 5.75 Å². The second kappa shape index (κ2) is 8.45. The molecule has 0 unspecified atom stereocenters. The smallest absolute Gasteiger partial charge is 0.265 e. The SMILES string of the molecule is Cc1cc(O[C@@H](C)C(=O)Nc2ccc(N3CCCCC3)cc2)ccc1Cl. The summed E-state index contributed by atoms with van der Waals surface area (Å²) in [6.07, 6.45) is 3.21. The van der Waals surface area contributed by atoms with E-state index in [1.54, 1.807) is 19.1 Å². The number of nitrogens with zero attached hydrogens (tertiary/aromatic N) is 1. The topological polar surface area (TPSA) is 41.6 Å². The first kappa shape index (κ1) is 18.6. The molecule has 1 aliphatic rings. The number of nitrogens with one attached hydrogen (secondary N) is 1. The van der Waals surface area contributed by atoms with Crippen molar-refractivity contribution in [2.24, 2.45) is 0 Å². The summed E-state index contributed by atoms with van der Waals surface area (Å²) in [5, 5.41) is 3.59. The third-order valence-electron chi connectivity index (χ3n) is 4.67. The predicted octanol–water partition coefficient (Wildman–Crippen LogP) is 5.04. The summed E-state index contributed by atoms with van der Waals surface area (Å²) in [6, 6.07) is 13.4. The van der Waals surface area contributed by atoms with Crippen molar-refractivity contribution < 1.29 is 9.53 Å². The van der Waals surface area contributed by atoms with Crippen LogP contribution in [-0.4, -0.2) is 25.1 Å². The first-order valence-electron chi connectivity index (χ1n) is 9.11. The van der Waals surface area contributed by atoms with Crippen LogP contribution in [0.1, 0.15) is 31.7 Å². The summed E-state index contributed by atoms with van der Waals surface area (Å²) >= 11 is 6.02. The van der Waals surface area contributed by atoms with Crippen molar-refractivity contribution in [3.63, 3.8) is 0 Å².